The Kier molecular flexibility index (Phi) is 4.10. The van der Waals surface area contributed by atoms with Gasteiger partial charge in [-0.05, 0) is 26.1 Å². The van der Waals surface area contributed by atoms with Crippen LogP contribution in [0.1, 0.15) is 6.92 Å². The number of piperazine rings is 1. The van der Waals surface area contributed by atoms with E-state index < -0.39 is 10.0 Å². The molecule has 1 aliphatic rings. The normalized spacial score (nSPS) is 22.4. The van der Waals surface area contributed by atoms with Gasteiger partial charge in [0.25, 0.3) is 0 Å². The Morgan fingerprint density at radius 1 is 1.32 bits per heavy atom. The van der Waals surface area contributed by atoms with Gasteiger partial charge in [0.1, 0.15) is 4.90 Å². The first-order chi connectivity index (χ1) is 8.96. The van der Waals surface area contributed by atoms with E-state index in [9.17, 15) is 8.42 Å². The lowest BCUT2D eigenvalue weighted by Gasteiger charge is -2.37. The van der Waals surface area contributed by atoms with E-state index in [2.05, 4.69) is 10.3 Å². The van der Waals surface area contributed by atoms with Crippen LogP contribution in [-0.4, -0.2) is 50.3 Å². The molecule has 0 saturated carbocycles. The molecule has 7 heteroatoms. The molecule has 1 atom stereocenters. The zero-order chi connectivity index (χ0) is 14.0. The van der Waals surface area contributed by atoms with Crippen molar-refractivity contribution >= 4 is 15.7 Å². The topological polar surface area (TPSA) is 78.7 Å². The summed E-state index contributed by atoms with van der Waals surface area (Å²) in [6.07, 6.45) is 0. The number of rotatable bonds is 3. The van der Waals surface area contributed by atoms with Gasteiger partial charge in [-0.2, -0.15) is 4.31 Å². The van der Waals surface area contributed by atoms with Crippen LogP contribution in [-0.2, 0) is 10.0 Å². The van der Waals surface area contributed by atoms with Crippen molar-refractivity contribution in [1.29, 1.82) is 0 Å². The van der Waals surface area contributed by atoms with Crippen LogP contribution in [0.5, 0.6) is 0 Å². The van der Waals surface area contributed by atoms with Crippen molar-refractivity contribution in [3.8, 4) is 0 Å². The second-order valence-corrected chi connectivity index (χ2v) is 6.74. The summed E-state index contributed by atoms with van der Waals surface area (Å²) in [5.74, 6) is 5.39. The Hall–Kier alpha value is -1.15. The molecule has 3 N–H and O–H groups in total. The summed E-state index contributed by atoms with van der Waals surface area (Å²) in [5, 5.41) is 0. The summed E-state index contributed by atoms with van der Waals surface area (Å²) < 4.78 is 26.8. The molecule has 0 spiro atoms. The van der Waals surface area contributed by atoms with Crippen LogP contribution >= 0.6 is 0 Å². The molecule has 0 radical (unpaired) electrons. The largest absolute Gasteiger partial charge is 0.323 e. The molecule has 1 aromatic rings. The summed E-state index contributed by atoms with van der Waals surface area (Å²) in [6.45, 7) is 3.76. The molecule has 1 unspecified atom stereocenters. The number of benzene rings is 1. The van der Waals surface area contributed by atoms with E-state index in [0.29, 0.717) is 18.8 Å². The van der Waals surface area contributed by atoms with Crippen molar-refractivity contribution in [1.82, 2.24) is 9.21 Å². The minimum Gasteiger partial charge on any atom is -0.323 e. The standard InChI is InChI=1S/C12H20N4O2S/c1-10-9-16(8-7-15(10)2)19(17,18)12-6-4-3-5-11(12)14-13/h3-6,10,14H,7-9,13H2,1-2H3. The molecule has 106 valence electrons. The Morgan fingerprint density at radius 3 is 2.63 bits per heavy atom. The van der Waals surface area contributed by atoms with Crippen molar-refractivity contribution < 1.29 is 8.42 Å². The number of nitrogens with two attached hydrogens (primary N) is 1. The minimum atomic E-state index is -3.50. The minimum absolute atomic E-state index is 0.210. The lowest BCUT2D eigenvalue weighted by molar-refractivity contribution is 0.159. The second-order valence-electron chi connectivity index (χ2n) is 4.83. The first-order valence-corrected chi connectivity index (χ1v) is 7.67. The van der Waals surface area contributed by atoms with Crippen LogP contribution in [0.4, 0.5) is 5.69 Å². The third kappa shape index (κ3) is 2.74. The highest BCUT2D eigenvalue weighted by Gasteiger charge is 2.32. The van der Waals surface area contributed by atoms with Gasteiger partial charge in [0.15, 0.2) is 0 Å². The van der Waals surface area contributed by atoms with E-state index in [1.807, 2.05) is 14.0 Å². The van der Waals surface area contributed by atoms with E-state index in [0.717, 1.165) is 6.54 Å². The van der Waals surface area contributed by atoms with Crippen molar-refractivity contribution in [2.45, 2.75) is 17.9 Å². The molecular formula is C12H20N4O2S. The van der Waals surface area contributed by atoms with E-state index in [-0.39, 0.29) is 10.9 Å². The summed E-state index contributed by atoms with van der Waals surface area (Å²) in [6, 6.07) is 6.90. The highest BCUT2D eigenvalue weighted by atomic mass is 32.2. The Labute approximate surface area is 114 Å². The molecule has 19 heavy (non-hydrogen) atoms. The third-order valence-corrected chi connectivity index (χ3v) is 5.51. The maximum atomic E-state index is 12.6. The fourth-order valence-corrected chi connectivity index (χ4v) is 3.85. The number of nitrogen functional groups attached to an aromatic ring is 1. The zero-order valence-electron chi connectivity index (χ0n) is 11.2. The number of nitrogens with one attached hydrogen (secondary N) is 1. The molecule has 1 aliphatic heterocycles. The number of likely N-dealkylation sites (N-methyl/N-ethyl adjacent to an activating group) is 1. The van der Waals surface area contributed by atoms with E-state index in [4.69, 9.17) is 5.84 Å². The van der Waals surface area contributed by atoms with Crippen LogP contribution in [0.3, 0.4) is 0 Å². The molecule has 6 nitrogen and oxygen atoms in total. The number of anilines is 1. The van der Waals surface area contributed by atoms with Gasteiger partial charge in [-0.3, -0.25) is 5.84 Å². The average Bonchev–Trinajstić information content (AvgIpc) is 2.41. The van der Waals surface area contributed by atoms with Gasteiger partial charge in [-0.15, -0.1) is 0 Å². The molecule has 0 bridgehead atoms. The summed E-state index contributed by atoms with van der Waals surface area (Å²) in [7, 11) is -1.49. The number of hydrogen-bond donors (Lipinski definition) is 2. The highest BCUT2D eigenvalue weighted by molar-refractivity contribution is 7.89. The lowest BCUT2D eigenvalue weighted by Crippen LogP contribution is -2.51. The fraction of sp³-hybridized carbons (Fsp3) is 0.500. The summed E-state index contributed by atoms with van der Waals surface area (Å²) in [5.41, 5.74) is 2.87. The predicted molar refractivity (Wildman–Crippen MR) is 75.1 cm³/mol. The smallest absolute Gasteiger partial charge is 0.245 e. The average molecular weight is 284 g/mol. The quantitative estimate of drug-likeness (QED) is 0.616. The van der Waals surface area contributed by atoms with Crippen LogP contribution in [0, 0.1) is 0 Å². The maximum Gasteiger partial charge on any atom is 0.245 e. The molecule has 1 fully saturated rings. The SMILES string of the molecule is CC1CN(S(=O)(=O)c2ccccc2NN)CCN1C. The van der Waals surface area contributed by atoms with Crippen molar-refractivity contribution in [3.05, 3.63) is 24.3 Å². The zero-order valence-corrected chi connectivity index (χ0v) is 12.0. The molecule has 0 amide bonds. The Bertz CT molecular complexity index is 546. The Balaban J connectivity index is 2.32. The first-order valence-electron chi connectivity index (χ1n) is 6.23. The van der Waals surface area contributed by atoms with Gasteiger partial charge >= 0.3 is 0 Å². The molecule has 1 saturated heterocycles. The maximum absolute atomic E-state index is 12.6. The second kappa shape index (κ2) is 5.46. The van der Waals surface area contributed by atoms with Crippen molar-refractivity contribution in [2.75, 3.05) is 32.1 Å². The van der Waals surface area contributed by atoms with Gasteiger partial charge in [0.2, 0.25) is 10.0 Å². The molecule has 1 heterocycles. The fourth-order valence-electron chi connectivity index (χ4n) is 2.18. The Morgan fingerprint density at radius 2 is 2.00 bits per heavy atom. The van der Waals surface area contributed by atoms with Gasteiger partial charge in [0.05, 0.1) is 5.69 Å². The van der Waals surface area contributed by atoms with Crippen molar-refractivity contribution in [3.63, 3.8) is 0 Å². The molecule has 1 aromatic carbocycles. The van der Waals surface area contributed by atoms with Gasteiger partial charge in [0, 0.05) is 25.7 Å². The highest BCUT2D eigenvalue weighted by Crippen LogP contribution is 2.25. The molecule has 2 rings (SSSR count). The first kappa shape index (κ1) is 14.3. The lowest BCUT2D eigenvalue weighted by atomic mass is 10.2. The van der Waals surface area contributed by atoms with Crippen molar-refractivity contribution in [2.24, 2.45) is 5.84 Å². The number of hydrazine groups is 1. The van der Waals surface area contributed by atoms with E-state index in [1.165, 1.54) is 4.31 Å². The number of hydrogen-bond acceptors (Lipinski definition) is 5. The summed E-state index contributed by atoms with van der Waals surface area (Å²) in [4.78, 5) is 2.38. The van der Waals surface area contributed by atoms with Crippen LogP contribution < -0.4 is 11.3 Å². The van der Waals surface area contributed by atoms with Crippen LogP contribution in [0.15, 0.2) is 29.2 Å². The van der Waals surface area contributed by atoms with Gasteiger partial charge in [-0.1, -0.05) is 12.1 Å². The van der Waals surface area contributed by atoms with Gasteiger partial charge < -0.3 is 10.3 Å². The molecule has 0 aliphatic carbocycles. The number of sulfonamides is 1. The summed E-state index contributed by atoms with van der Waals surface area (Å²) >= 11 is 0. The van der Waals surface area contributed by atoms with E-state index in [1.54, 1.807) is 24.3 Å². The van der Waals surface area contributed by atoms with Crippen LogP contribution in [0.25, 0.3) is 0 Å². The molecule has 0 aromatic heterocycles. The number of para-hydroxylation sites is 1. The molecular weight excluding hydrogens is 264 g/mol. The predicted octanol–water partition coefficient (Wildman–Crippen LogP) is 0.297. The number of nitrogens with zero attached hydrogens (tertiary/aromatic N) is 2. The van der Waals surface area contributed by atoms with Crippen LogP contribution in [0.2, 0.25) is 0 Å². The van der Waals surface area contributed by atoms with Gasteiger partial charge in [-0.25, -0.2) is 8.42 Å². The third-order valence-electron chi connectivity index (χ3n) is 3.58. The van der Waals surface area contributed by atoms with E-state index >= 15 is 0 Å². The monoisotopic (exact) mass is 284 g/mol.